The van der Waals surface area contributed by atoms with Gasteiger partial charge in [0.05, 0.1) is 303 Å². The third kappa shape index (κ3) is 101. The number of carbonyl (C=O) groups excluding carboxylic acids is 1. The number of methoxy groups -OCH3 is 1. The first kappa shape index (κ1) is 108. The third-order valence-electron chi connectivity index (χ3n) is 17.1. The Hall–Kier alpha value is -1.53. The summed E-state index contributed by atoms with van der Waals surface area (Å²) in [6, 6.07) is 0. The molecule has 0 aliphatic carbocycles. The molecule has 0 aromatic rings. The average Bonchev–Trinajstić information content (AvgIpc) is 1.34. The first-order valence-corrected chi connectivity index (χ1v) is 43.4. The van der Waals surface area contributed by atoms with Crippen molar-refractivity contribution in [3.63, 3.8) is 0 Å². The van der Waals surface area contributed by atoms with Gasteiger partial charge in [0.25, 0.3) is 0 Å². The zero-order valence-electron chi connectivity index (χ0n) is 70.3. The van der Waals surface area contributed by atoms with Gasteiger partial charge in [0.2, 0.25) is 5.91 Å². The van der Waals surface area contributed by atoms with E-state index in [1.165, 1.54) is 167 Å². The number of rotatable bonds is 104. The lowest BCUT2D eigenvalue weighted by atomic mass is 10.0. The monoisotopic (exact) mass is 1590 g/mol. The Labute approximate surface area is 668 Å². The maximum atomic E-state index is 12.6. The Balaban J connectivity index is 3.49. The summed E-state index contributed by atoms with van der Waals surface area (Å²) < 4.78 is 139. The summed E-state index contributed by atoms with van der Waals surface area (Å²) in [6.07, 6.45) is 38.3. The number of unbranched alkanes of at least 4 members (excludes halogenated alkanes) is 26. The summed E-state index contributed by atoms with van der Waals surface area (Å²) in [5, 5.41) is 3.00. The van der Waals surface area contributed by atoms with Gasteiger partial charge in [0, 0.05) is 26.9 Å². The summed E-state index contributed by atoms with van der Waals surface area (Å²) in [6.45, 7) is 28.5. The number of hydrogen-bond donors (Lipinski definition) is 1. The van der Waals surface area contributed by atoms with Gasteiger partial charge in [-0.25, -0.2) is 0 Å². The molecule has 0 bridgehead atoms. The van der Waals surface area contributed by atoms with Crippen molar-refractivity contribution in [1.29, 1.82) is 0 Å². The molecule has 0 rings (SSSR count). The summed E-state index contributed by atoms with van der Waals surface area (Å²) in [5.74, 6) is -0.136. The smallest absolute Gasteiger partial charge is 0.246 e. The van der Waals surface area contributed by atoms with Crippen LogP contribution in [0, 0.1) is 0 Å². The van der Waals surface area contributed by atoms with E-state index < -0.39 is 0 Å². The Morgan fingerprint density at radius 1 is 0.209 bits per heavy atom. The molecular formula is C83H167NO26. The molecular weight excluding hydrogens is 1430 g/mol. The molecule has 0 radical (unpaired) electrons. The van der Waals surface area contributed by atoms with Crippen LogP contribution in [0.3, 0.4) is 0 Å². The molecule has 660 valence electrons. The molecule has 0 spiro atoms. The highest BCUT2D eigenvalue weighted by Crippen LogP contribution is 2.16. The van der Waals surface area contributed by atoms with Gasteiger partial charge in [-0.1, -0.05) is 181 Å². The molecule has 0 saturated heterocycles. The van der Waals surface area contributed by atoms with E-state index in [0.717, 1.165) is 26.1 Å². The minimum absolute atomic E-state index is 0.00451. The molecule has 1 amide bonds. The van der Waals surface area contributed by atoms with E-state index in [9.17, 15) is 4.79 Å². The van der Waals surface area contributed by atoms with Gasteiger partial charge < -0.3 is 124 Å². The topological polar surface area (TPSA) is 260 Å². The molecule has 1 unspecified atom stereocenters. The summed E-state index contributed by atoms with van der Waals surface area (Å²) in [5.41, 5.74) is 0. The quantitative estimate of drug-likeness (QED) is 0.0555. The molecule has 0 aliphatic rings. The molecule has 0 saturated carbocycles. The lowest BCUT2D eigenvalue weighted by Crippen LogP contribution is -2.32. The number of amides is 1. The molecule has 0 fully saturated rings. The van der Waals surface area contributed by atoms with E-state index in [1.807, 2.05) is 0 Å². The minimum Gasteiger partial charge on any atom is -0.382 e. The second-order valence-corrected chi connectivity index (χ2v) is 26.8. The number of hydrogen-bond acceptors (Lipinski definition) is 26. The molecule has 27 nitrogen and oxygen atoms in total. The molecule has 1 atom stereocenters. The number of carbonyl (C=O) groups is 1. The van der Waals surface area contributed by atoms with Crippen LogP contribution in [0.5, 0.6) is 0 Å². The zero-order valence-corrected chi connectivity index (χ0v) is 70.3. The fourth-order valence-electron chi connectivity index (χ4n) is 10.7. The van der Waals surface area contributed by atoms with Crippen LogP contribution in [0.15, 0.2) is 0 Å². The van der Waals surface area contributed by atoms with Crippen LogP contribution in [0.4, 0.5) is 0 Å². The van der Waals surface area contributed by atoms with Crippen LogP contribution in [0.2, 0.25) is 0 Å². The molecule has 0 aromatic heterocycles. The van der Waals surface area contributed by atoms with Crippen LogP contribution in [-0.4, -0.2) is 343 Å². The lowest BCUT2D eigenvalue weighted by Gasteiger charge is -2.19. The van der Waals surface area contributed by atoms with Crippen molar-refractivity contribution >= 4 is 5.91 Å². The van der Waals surface area contributed by atoms with Gasteiger partial charge in [-0.05, 0) is 19.3 Å². The van der Waals surface area contributed by atoms with E-state index in [-0.39, 0.29) is 18.6 Å². The van der Waals surface area contributed by atoms with E-state index in [4.69, 9.17) is 118 Å². The van der Waals surface area contributed by atoms with E-state index in [2.05, 4.69) is 19.2 Å². The van der Waals surface area contributed by atoms with Gasteiger partial charge in [-0.2, -0.15) is 0 Å². The van der Waals surface area contributed by atoms with Crippen molar-refractivity contribution in [1.82, 2.24) is 5.32 Å². The van der Waals surface area contributed by atoms with Crippen LogP contribution in [-0.2, 0) is 123 Å². The van der Waals surface area contributed by atoms with Crippen LogP contribution < -0.4 is 5.32 Å². The minimum atomic E-state index is -0.136. The first-order valence-electron chi connectivity index (χ1n) is 43.4. The fraction of sp³-hybridized carbons (Fsp3) is 0.988. The molecule has 0 aliphatic heterocycles. The third-order valence-corrected chi connectivity index (χ3v) is 17.1. The highest BCUT2D eigenvalue weighted by Gasteiger charge is 2.12. The average molecular weight is 1600 g/mol. The predicted octanol–water partition coefficient (Wildman–Crippen LogP) is 11.9. The maximum Gasteiger partial charge on any atom is 0.246 e. The normalized spacial score (nSPS) is 12.1. The van der Waals surface area contributed by atoms with Gasteiger partial charge in [0.15, 0.2) is 0 Å². The molecule has 110 heavy (non-hydrogen) atoms. The Morgan fingerprint density at radius 3 is 0.600 bits per heavy atom. The van der Waals surface area contributed by atoms with E-state index in [1.54, 1.807) is 7.11 Å². The van der Waals surface area contributed by atoms with E-state index >= 15 is 0 Å². The van der Waals surface area contributed by atoms with Crippen molar-refractivity contribution in [3.05, 3.63) is 0 Å². The molecule has 0 aromatic carbocycles. The summed E-state index contributed by atoms with van der Waals surface area (Å²) in [7, 11) is 1.65. The fourth-order valence-corrected chi connectivity index (χ4v) is 10.7. The SMILES string of the molecule is CCCCCCCCCCCCCCCCOCC(CCNC(=O)COCCOCCOCCOCCOCCOCCOCCOCCOCCOCCOCCOCCOCCOCCOCCOCCOCCOCCOCCOCCOCCOCCOC)OCCCCCCCCCCCCCCCC. The Kier molecular flexibility index (Phi) is 102. The Morgan fingerprint density at radius 2 is 0.391 bits per heavy atom. The molecule has 1 N–H and O–H groups in total. The van der Waals surface area contributed by atoms with Gasteiger partial charge in [-0.3, -0.25) is 4.79 Å². The molecule has 27 heteroatoms. The van der Waals surface area contributed by atoms with Crippen molar-refractivity contribution in [2.75, 3.05) is 331 Å². The first-order chi connectivity index (χ1) is 54.7. The zero-order chi connectivity index (χ0) is 78.7. The van der Waals surface area contributed by atoms with Gasteiger partial charge in [-0.15, -0.1) is 0 Å². The van der Waals surface area contributed by atoms with Gasteiger partial charge in [0.1, 0.15) is 6.61 Å². The highest BCUT2D eigenvalue weighted by atomic mass is 16.6. The summed E-state index contributed by atoms with van der Waals surface area (Å²) >= 11 is 0. The van der Waals surface area contributed by atoms with Crippen molar-refractivity contribution < 1.29 is 123 Å². The summed E-state index contributed by atoms with van der Waals surface area (Å²) in [4.78, 5) is 12.6. The van der Waals surface area contributed by atoms with Gasteiger partial charge >= 0.3 is 0 Å². The molecule has 0 heterocycles. The predicted molar refractivity (Wildman–Crippen MR) is 429 cm³/mol. The Bertz CT molecular complexity index is 1630. The van der Waals surface area contributed by atoms with Crippen molar-refractivity contribution in [2.24, 2.45) is 0 Å². The van der Waals surface area contributed by atoms with Crippen LogP contribution in [0.25, 0.3) is 0 Å². The van der Waals surface area contributed by atoms with Crippen LogP contribution in [0.1, 0.15) is 200 Å². The van der Waals surface area contributed by atoms with E-state index in [0.29, 0.717) is 310 Å². The van der Waals surface area contributed by atoms with Crippen molar-refractivity contribution in [3.8, 4) is 0 Å². The number of ether oxygens (including phenoxy) is 25. The second kappa shape index (κ2) is 104. The maximum absolute atomic E-state index is 12.6. The highest BCUT2D eigenvalue weighted by molar-refractivity contribution is 5.77. The van der Waals surface area contributed by atoms with Crippen molar-refractivity contribution in [2.45, 2.75) is 206 Å². The second-order valence-electron chi connectivity index (χ2n) is 26.8. The van der Waals surface area contributed by atoms with Crippen LogP contribution >= 0.6 is 0 Å². The number of nitrogens with one attached hydrogen (secondary N) is 1. The standard InChI is InChI=1S/C83H167NO26/c1-4-6-8-10-12-14-16-18-20-22-24-26-28-30-34-108-80-82(110-35-31-29-27-25-23-21-19-17-15-13-11-9-7-5-2)32-33-84-83(85)81-109-79-78-107-77-76-106-75-74-105-73-72-104-71-70-103-69-68-102-67-66-101-65-64-100-63-62-99-61-60-98-59-58-97-57-56-96-55-54-95-53-52-94-51-50-93-49-48-92-47-46-91-45-44-90-43-42-89-41-40-88-39-38-87-37-36-86-3/h82H,4-81H2,1-3H3,(H,84,85). The lowest BCUT2D eigenvalue weighted by molar-refractivity contribution is -0.126. The largest absolute Gasteiger partial charge is 0.382 e.